The van der Waals surface area contributed by atoms with Gasteiger partial charge >= 0.3 is 0 Å². The van der Waals surface area contributed by atoms with Gasteiger partial charge < -0.3 is 5.32 Å². The van der Waals surface area contributed by atoms with E-state index in [0.717, 1.165) is 60.0 Å². The van der Waals surface area contributed by atoms with E-state index in [4.69, 9.17) is 33.3 Å². The minimum Gasteiger partial charge on any atom is -0.316 e. The molecule has 1 aromatic carbocycles. The topological polar surface area (TPSA) is 42.2 Å². The summed E-state index contributed by atoms with van der Waals surface area (Å²) < 4.78 is 1.98. The summed E-state index contributed by atoms with van der Waals surface area (Å²) in [6, 6.07) is 7.70. The molecule has 0 bridgehead atoms. The molecule has 6 heteroatoms. The Balaban J connectivity index is 1.63. The smallest absolute Gasteiger partial charge is 0.163 e. The van der Waals surface area contributed by atoms with Gasteiger partial charge in [0, 0.05) is 22.0 Å². The molecule has 0 radical (unpaired) electrons. The second kappa shape index (κ2) is 7.78. The maximum Gasteiger partial charge on any atom is 0.163 e. The fraction of sp³-hybridized carbons (Fsp3) is 0.429. The number of hydrogen-bond acceptors (Lipinski definition) is 3. The number of fused-ring (bicyclic) bond motifs is 1. The van der Waals surface area contributed by atoms with E-state index in [-0.39, 0.29) is 0 Å². The van der Waals surface area contributed by atoms with E-state index in [1.54, 1.807) is 6.07 Å². The highest BCUT2D eigenvalue weighted by Crippen LogP contribution is 2.35. The molecule has 4 rings (SSSR count). The molecule has 142 valence electrons. The molecule has 1 aliphatic carbocycles. The van der Waals surface area contributed by atoms with E-state index in [0.29, 0.717) is 10.0 Å². The number of nitrogens with zero attached hydrogens (tertiary/aromatic N) is 3. The fourth-order valence-corrected chi connectivity index (χ4v) is 4.03. The minimum atomic E-state index is 0.620. The Morgan fingerprint density at radius 1 is 1.19 bits per heavy atom. The SMILES string of the molecule is Cc1cc(CCCNCC2CC2)n2nc(C)c(-c3ccc(Cl)cc3Cl)c2n1. The molecule has 1 aliphatic rings. The molecule has 0 unspecified atom stereocenters. The van der Waals surface area contributed by atoms with Crippen LogP contribution in [0.2, 0.25) is 10.0 Å². The maximum absolute atomic E-state index is 6.46. The van der Waals surface area contributed by atoms with Gasteiger partial charge in [0.1, 0.15) is 0 Å². The Morgan fingerprint density at radius 3 is 2.74 bits per heavy atom. The van der Waals surface area contributed by atoms with Crippen molar-refractivity contribution in [3.63, 3.8) is 0 Å². The van der Waals surface area contributed by atoms with Crippen LogP contribution in [0.3, 0.4) is 0 Å². The van der Waals surface area contributed by atoms with Gasteiger partial charge in [-0.05, 0) is 76.7 Å². The van der Waals surface area contributed by atoms with Crippen molar-refractivity contribution in [2.24, 2.45) is 5.92 Å². The number of aromatic nitrogens is 3. The quantitative estimate of drug-likeness (QED) is 0.548. The lowest BCUT2D eigenvalue weighted by Crippen LogP contribution is -2.19. The van der Waals surface area contributed by atoms with Crippen molar-refractivity contribution in [2.75, 3.05) is 13.1 Å². The first-order chi connectivity index (χ1) is 13.0. The van der Waals surface area contributed by atoms with E-state index < -0.39 is 0 Å². The van der Waals surface area contributed by atoms with Crippen LogP contribution in [-0.2, 0) is 6.42 Å². The summed E-state index contributed by atoms with van der Waals surface area (Å²) in [5, 5.41) is 9.58. The molecule has 0 saturated heterocycles. The van der Waals surface area contributed by atoms with E-state index in [1.165, 1.54) is 18.5 Å². The average molecular weight is 403 g/mol. The molecule has 3 aromatic rings. The third-order valence-corrected chi connectivity index (χ3v) is 5.63. The molecule has 0 atom stereocenters. The predicted molar refractivity (Wildman–Crippen MR) is 112 cm³/mol. The van der Waals surface area contributed by atoms with Gasteiger partial charge in [0.25, 0.3) is 0 Å². The zero-order valence-electron chi connectivity index (χ0n) is 15.7. The molecular weight excluding hydrogens is 379 g/mol. The number of benzene rings is 1. The number of halogens is 2. The van der Waals surface area contributed by atoms with E-state index in [1.807, 2.05) is 30.5 Å². The van der Waals surface area contributed by atoms with Crippen molar-refractivity contribution in [3.05, 3.63) is 51.4 Å². The zero-order valence-corrected chi connectivity index (χ0v) is 17.2. The highest BCUT2D eigenvalue weighted by molar-refractivity contribution is 6.36. The zero-order chi connectivity index (χ0) is 19.0. The van der Waals surface area contributed by atoms with E-state index in [9.17, 15) is 0 Å². The number of aryl methyl sites for hydroxylation is 3. The van der Waals surface area contributed by atoms with Crippen molar-refractivity contribution in [2.45, 2.75) is 39.5 Å². The first-order valence-electron chi connectivity index (χ1n) is 9.55. The van der Waals surface area contributed by atoms with Crippen molar-refractivity contribution >= 4 is 28.8 Å². The first-order valence-corrected chi connectivity index (χ1v) is 10.3. The van der Waals surface area contributed by atoms with Crippen LogP contribution in [0, 0.1) is 19.8 Å². The van der Waals surface area contributed by atoms with Gasteiger partial charge in [0.05, 0.1) is 16.3 Å². The summed E-state index contributed by atoms with van der Waals surface area (Å²) in [6.45, 7) is 6.23. The van der Waals surface area contributed by atoms with Crippen LogP contribution in [0.4, 0.5) is 0 Å². The molecular formula is C21H24Cl2N4. The Bertz CT molecular complexity index is 976. The van der Waals surface area contributed by atoms with Crippen molar-refractivity contribution in [3.8, 4) is 11.1 Å². The molecule has 2 heterocycles. The van der Waals surface area contributed by atoms with Gasteiger partial charge in [-0.3, -0.25) is 0 Å². The first kappa shape index (κ1) is 18.7. The molecule has 27 heavy (non-hydrogen) atoms. The Morgan fingerprint density at radius 2 is 2.00 bits per heavy atom. The Kier molecular flexibility index (Phi) is 5.40. The normalized spacial score (nSPS) is 14.2. The molecule has 2 aromatic heterocycles. The fourth-order valence-electron chi connectivity index (χ4n) is 3.53. The predicted octanol–water partition coefficient (Wildman–Crippen LogP) is 5.25. The average Bonchev–Trinajstić information content (AvgIpc) is 3.38. The summed E-state index contributed by atoms with van der Waals surface area (Å²) in [5.41, 5.74) is 5.86. The second-order valence-corrected chi connectivity index (χ2v) is 8.30. The molecule has 4 nitrogen and oxygen atoms in total. The lowest BCUT2D eigenvalue weighted by atomic mass is 10.1. The van der Waals surface area contributed by atoms with Gasteiger partial charge in [-0.15, -0.1) is 0 Å². The maximum atomic E-state index is 6.46. The third-order valence-electron chi connectivity index (χ3n) is 5.08. The Labute approximate surface area is 169 Å². The molecule has 0 amide bonds. The molecule has 0 aliphatic heterocycles. The van der Waals surface area contributed by atoms with Crippen molar-refractivity contribution in [1.82, 2.24) is 19.9 Å². The van der Waals surface area contributed by atoms with Gasteiger partial charge in [-0.1, -0.05) is 29.3 Å². The molecule has 1 saturated carbocycles. The van der Waals surface area contributed by atoms with Crippen LogP contribution in [0.25, 0.3) is 16.8 Å². The van der Waals surface area contributed by atoms with Gasteiger partial charge in [-0.2, -0.15) is 5.10 Å². The summed E-state index contributed by atoms with van der Waals surface area (Å²) in [6.07, 6.45) is 4.83. The van der Waals surface area contributed by atoms with Crippen molar-refractivity contribution in [1.29, 1.82) is 0 Å². The molecule has 1 fully saturated rings. The molecule has 1 N–H and O–H groups in total. The van der Waals surface area contributed by atoms with E-state index >= 15 is 0 Å². The Hall–Kier alpha value is -1.62. The van der Waals surface area contributed by atoms with Crippen molar-refractivity contribution < 1.29 is 0 Å². The largest absolute Gasteiger partial charge is 0.316 e. The number of nitrogens with one attached hydrogen (secondary N) is 1. The van der Waals surface area contributed by atoms with Crippen LogP contribution in [0.5, 0.6) is 0 Å². The van der Waals surface area contributed by atoms with Crippen LogP contribution in [0.15, 0.2) is 24.3 Å². The van der Waals surface area contributed by atoms with Gasteiger partial charge in [0.15, 0.2) is 5.65 Å². The van der Waals surface area contributed by atoms with E-state index in [2.05, 4.69) is 11.4 Å². The lowest BCUT2D eigenvalue weighted by molar-refractivity contribution is 0.606. The lowest BCUT2D eigenvalue weighted by Gasteiger charge is -2.08. The number of rotatable bonds is 7. The summed E-state index contributed by atoms with van der Waals surface area (Å²) >= 11 is 12.5. The second-order valence-electron chi connectivity index (χ2n) is 7.46. The standard InChI is InChI=1S/C21H24Cl2N4/c1-13-10-17(4-3-9-24-12-15-5-6-15)27-21(25-13)20(14(2)26-27)18-8-7-16(22)11-19(18)23/h7-8,10-11,15,24H,3-6,9,12H2,1-2H3. The number of hydrogen-bond donors (Lipinski definition) is 1. The highest BCUT2D eigenvalue weighted by Gasteiger charge is 2.20. The summed E-state index contributed by atoms with van der Waals surface area (Å²) in [4.78, 5) is 4.77. The minimum absolute atomic E-state index is 0.620. The highest BCUT2D eigenvalue weighted by atomic mass is 35.5. The summed E-state index contributed by atoms with van der Waals surface area (Å²) in [5.74, 6) is 0.917. The third kappa shape index (κ3) is 4.13. The van der Waals surface area contributed by atoms with Crippen LogP contribution < -0.4 is 5.32 Å². The van der Waals surface area contributed by atoms with Gasteiger partial charge in [-0.25, -0.2) is 9.50 Å². The van der Waals surface area contributed by atoms with Crippen LogP contribution in [0.1, 0.15) is 36.3 Å². The van der Waals surface area contributed by atoms with Gasteiger partial charge in [0.2, 0.25) is 0 Å². The molecule has 0 spiro atoms. The monoisotopic (exact) mass is 402 g/mol. The van der Waals surface area contributed by atoms with Crippen LogP contribution in [-0.4, -0.2) is 27.7 Å². The van der Waals surface area contributed by atoms with Crippen LogP contribution >= 0.6 is 23.2 Å². The summed E-state index contributed by atoms with van der Waals surface area (Å²) in [7, 11) is 0.